The van der Waals surface area contributed by atoms with Crippen LogP contribution in [0.2, 0.25) is 0 Å². The van der Waals surface area contributed by atoms with E-state index in [9.17, 15) is 9.59 Å². The maximum Gasteiger partial charge on any atom is 0.325 e. The van der Waals surface area contributed by atoms with Crippen LogP contribution in [0.5, 0.6) is 0 Å². The van der Waals surface area contributed by atoms with Gasteiger partial charge in [-0.2, -0.15) is 0 Å². The summed E-state index contributed by atoms with van der Waals surface area (Å²) in [7, 11) is 0. The standard InChI is InChI=1S/C16H28N2O3/c1-12(2)6-10-21-11-9-18-15(20)17-14(19)16(18)7-4-13(3)5-8-16/h12-13H,4-11H2,1-3H3,(H,17,19,20). The Kier molecular flexibility index (Phi) is 5.25. The summed E-state index contributed by atoms with van der Waals surface area (Å²) in [6, 6.07) is -0.248. The predicted octanol–water partition coefficient (Wildman–Crippen LogP) is 2.55. The van der Waals surface area contributed by atoms with Gasteiger partial charge in [-0.25, -0.2) is 4.79 Å². The number of carbonyl (C=O) groups is 2. The van der Waals surface area contributed by atoms with E-state index >= 15 is 0 Å². The summed E-state index contributed by atoms with van der Waals surface area (Å²) >= 11 is 0. The van der Waals surface area contributed by atoms with Crippen molar-refractivity contribution in [2.24, 2.45) is 11.8 Å². The number of carbonyl (C=O) groups excluding carboxylic acids is 2. The molecule has 120 valence electrons. The zero-order valence-corrected chi connectivity index (χ0v) is 13.5. The Hall–Kier alpha value is -1.10. The number of urea groups is 1. The van der Waals surface area contributed by atoms with Crippen LogP contribution in [0.3, 0.4) is 0 Å². The molecule has 0 aromatic heterocycles. The molecule has 3 amide bonds. The van der Waals surface area contributed by atoms with E-state index in [1.165, 1.54) is 0 Å². The molecular formula is C16H28N2O3. The van der Waals surface area contributed by atoms with Crippen molar-refractivity contribution >= 4 is 11.9 Å². The molecule has 1 N–H and O–H groups in total. The second kappa shape index (κ2) is 6.77. The van der Waals surface area contributed by atoms with Crippen molar-refractivity contribution in [1.29, 1.82) is 0 Å². The van der Waals surface area contributed by atoms with E-state index in [1.807, 2.05) is 0 Å². The number of hydrogen-bond acceptors (Lipinski definition) is 3. The maximum absolute atomic E-state index is 12.2. The Morgan fingerprint density at radius 1 is 1.29 bits per heavy atom. The Labute approximate surface area is 127 Å². The van der Waals surface area contributed by atoms with Gasteiger partial charge in [-0.1, -0.05) is 20.8 Å². The van der Waals surface area contributed by atoms with Crippen LogP contribution in [0.1, 0.15) is 52.9 Å². The van der Waals surface area contributed by atoms with E-state index in [0.29, 0.717) is 31.6 Å². The summed E-state index contributed by atoms with van der Waals surface area (Å²) in [4.78, 5) is 26.0. The lowest BCUT2D eigenvalue weighted by molar-refractivity contribution is -0.128. The van der Waals surface area contributed by atoms with Crippen molar-refractivity contribution in [3.05, 3.63) is 0 Å². The Bertz CT molecular complexity index is 387. The van der Waals surface area contributed by atoms with Gasteiger partial charge in [0, 0.05) is 13.2 Å². The lowest BCUT2D eigenvalue weighted by Gasteiger charge is -2.40. The second-order valence-corrected chi connectivity index (χ2v) is 6.92. The average molecular weight is 296 g/mol. The number of nitrogens with zero attached hydrogens (tertiary/aromatic N) is 1. The van der Waals surface area contributed by atoms with E-state index in [1.54, 1.807) is 4.90 Å². The van der Waals surface area contributed by atoms with Crippen LogP contribution in [-0.4, -0.2) is 42.1 Å². The summed E-state index contributed by atoms with van der Waals surface area (Å²) in [6.07, 6.45) is 4.58. The third-order valence-corrected chi connectivity index (χ3v) is 4.81. The number of amides is 3. The highest BCUT2D eigenvalue weighted by molar-refractivity contribution is 6.07. The minimum atomic E-state index is -0.606. The number of nitrogens with one attached hydrogen (secondary N) is 1. The maximum atomic E-state index is 12.2. The van der Waals surface area contributed by atoms with Crippen LogP contribution < -0.4 is 5.32 Å². The van der Waals surface area contributed by atoms with E-state index in [2.05, 4.69) is 26.1 Å². The second-order valence-electron chi connectivity index (χ2n) is 6.92. The third-order valence-electron chi connectivity index (χ3n) is 4.81. The van der Waals surface area contributed by atoms with Gasteiger partial charge in [0.2, 0.25) is 0 Å². The molecule has 1 heterocycles. The van der Waals surface area contributed by atoms with Crippen molar-refractivity contribution in [2.45, 2.75) is 58.4 Å². The first kappa shape index (κ1) is 16.3. The largest absolute Gasteiger partial charge is 0.380 e. The van der Waals surface area contributed by atoms with E-state index in [4.69, 9.17) is 4.74 Å². The molecule has 5 heteroatoms. The average Bonchev–Trinajstić information content (AvgIpc) is 2.65. The van der Waals surface area contributed by atoms with Gasteiger partial charge < -0.3 is 9.64 Å². The Morgan fingerprint density at radius 2 is 1.95 bits per heavy atom. The molecule has 0 radical (unpaired) electrons. The molecule has 0 unspecified atom stereocenters. The molecule has 1 aliphatic heterocycles. The van der Waals surface area contributed by atoms with E-state index < -0.39 is 5.54 Å². The first-order valence-electron chi connectivity index (χ1n) is 8.16. The summed E-state index contributed by atoms with van der Waals surface area (Å²) in [5.74, 6) is 1.15. The van der Waals surface area contributed by atoms with Gasteiger partial charge in [-0.3, -0.25) is 10.1 Å². The van der Waals surface area contributed by atoms with Gasteiger partial charge in [0.1, 0.15) is 5.54 Å². The van der Waals surface area contributed by atoms with Gasteiger partial charge in [-0.15, -0.1) is 0 Å². The fourth-order valence-electron chi connectivity index (χ4n) is 3.23. The van der Waals surface area contributed by atoms with Crippen molar-refractivity contribution in [3.8, 4) is 0 Å². The Morgan fingerprint density at radius 3 is 2.57 bits per heavy atom. The van der Waals surface area contributed by atoms with Gasteiger partial charge in [0.15, 0.2) is 0 Å². The molecule has 2 aliphatic rings. The highest BCUT2D eigenvalue weighted by atomic mass is 16.5. The fourth-order valence-corrected chi connectivity index (χ4v) is 3.23. The topological polar surface area (TPSA) is 58.6 Å². The Balaban J connectivity index is 1.89. The van der Waals surface area contributed by atoms with Crippen molar-refractivity contribution < 1.29 is 14.3 Å². The van der Waals surface area contributed by atoms with Gasteiger partial charge in [0.25, 0.3) is 5.91 Å². The van der Waals surface area contributed by atoms with Gasteiger partial charge in [-0.05, 0) is 43.9 Å². The number of rotatable bonds is 6. The molecule has 1 saturated heterocycles. The monoisotopic (exact) mass is 296 g/mol. The quantitative estimate of drug-likeness (QED) is 0.605. The minimum Gasteiger partial charge on any atom is -0.380 e. The minimum absolute atomic E-state index is 0.110. The molecule has 1 aliphatic carbocycles. The summed E-state index contributed by atoms with van der Waals surface area (Å²) < 4.78 is 5.61. The van der Waals surface area contributed by atoms with E-state index in [0.717, 1.165) is 32.1 Å². The molecular weight excluding hydrogens is 268 g/mol. The molecule has 5 nitrogen and oxygen atoms in total. The van der Waals surface area contributed by atoms with Crippen LogP contribution in [-0.2, 0) is 9.53 Å². The highest BCUT2D eigenvalue weighted by Crippen LogP contribution is 2.39. The van der Waals surface area contributed by atoms with Crippen LogP contribution in [0.15, 0.2) is 0 Å². The van der Waals surface area contributed by atoms with Crippen LogP contribution in [0.4, 0.5) is 4.79 Å². The first-order valence-corrected chi connectivity index (χ1v) is 8.16. The first-order chi connectivity index (χ1) is 9.95. The predicted molar refractivity (Wildman–Crippen MR) is 80.9 cm³/mol. The molecule has 2 fully saturated rings. The van der Waals surface area contributed by atoms with Crippen LogP contribution in [0, 0.1) is 11.8 Å². The number of imide groups is 1. The third kappa shape index (κ3) is 3.57. The SMILES string of the molecule is CC(C)CCOCCN1C(=O)NC(=O)C12CCC(C)CC2. The number of ether oxygens (including phenoxy) is 1. The van der Waals surface area contributed by atoms with E-state index in [-0.39, 0.29) is 11.9 Å². The zero-order valence-electron chi connectivity index (χ0n) is 13.5. The summed E-state index contributed by atoms with van der Waals surface area (Å²) in [5, 5.41) is 2.49. The highest BCUT2D eigenvalue weighted by Gasteiger charge is 2.53. The van der Waals surface area contributed by atoms with Crippen LogP contribution >= 0.6 is 0 Å². The molecule has 1 saturated carbocycles. The molecule has 1 spiro atoms. The lowest BCUT2D eigenvalue weighted by atomic mass is 9.76. The van der Waals surface area contributed by atoms with Gasteiger partial charge >= 0.3 is 6.03 Å². The van der Waals surface area contributed by atoms with Crippen LogP contribution in [0.25, 0.3) is 0 Å². The zero-order chi connectivity index (χ0) is 15.5. The molecule has 0 bridgehead atoms. The molecule has 0 aromatic carbocycles. The molecule has 2 rings (SSSR count). The van der Waals surface area contributed by atoms with Crippen molar-refractivity contribution in [2.75, 3.05) is 19.8 Å². The number of hydrogen-bond donors (Lipinski definition) is 1. The molecule has 0 aromatic rings. The lowest BCUT2D eigenvalue weighted by Crippen LogP contribution is -2.52. The smallest absolute Gasteiger partial charge is 0.325 e. The van der Waals surface area contributed by atoms with Gasteiger partial charge in [0.05, 0.1) is 6.61 Å². The molecule has 21 heavy (non-hydrogen) atoms. The van der Waals surface area contributed by atoms with Crippen molar-refractivity contribution in [3.63, 3.8) is 0 Å². The summed E-state index contributed by atoms with van der Waals surface area (Å²) in [6.45, 7) is 8.25. The fraction of sp³-hybridized carbons (Fsp3) is 0.875. The molecule has 0 atom stereocenters. The normalized spacial score (nSPS) is 29.5. The summed E-state index contributed by atoms with van der Waals surface area (Å²) in [5.41, 5.74) is -0.606. The van der Waals surface area contributed by atoms with Crippen molar-refractivity contribution in [1.82, 2.24) is 10.2 Å².